The molecule has 0 aromatic carbocycles. The average Bonchev–Trinajstić information content (AvgIpc) is 2.78. The summed E-state index contributed by atoms with van der Waals surface area (Å²) in [7, 11) is -4.84. The van der Waals surface area contributed by atoms with Crippen molar-refractivity contribution in [3.05, 3.63) is 12.2 Å². The van der Waals surface area contributed by atoms with Crippen LogP contribution in [0.15, 0.2) is 12.2 Å². The van der Waals surface area contributed by atoms with Crippen molar-refractivity contribution in [3.8, 4) is 0 Å². The predicted molar refractivity (Wildman–Crippen MR) is 129 cm³/mol. The first-order valence-corrected chi connectivity index (χ1v) is 13.5. The molecule has 0 amide bonds. The summed E-state index contributed by atoms with van der Waals surface area (Å²) in [4.78, 5) is 31.3. The van der Waals surface area contributed by atoms with Crippen LogP contribution in [0.2, 0.25) is 0 Å². The fourth-order valence-electron chi connectivity index (χ4n) is 2.78. The number of ether oxygens (including phenoxy) is 1. The van der Waals surface area contributed by atoms with E-state index in [4.69, 9.17) is 29.7 Å². The molecule has 2 atom stereocenters. The third-order valence-corrected chi connectivity index (χ3v) is 5.87. The molecule has 0 saturated carbocycles. The van der Waals surface area contributed by atoms with Crippen LogP contribution in [0.1, 0.15) is 90.4 Å². The summed E-state index contributed by atoms with van der Waals surface area (Å²) in [5.74, 6) is -3.79. The fourth-order valence-corrected chi connectivity index (χ4v) is 3.39. The lowest BCUT2D eigenvalue weighted by molar-refractivity contribution is -0.147. The molecular formula is C23H42O11S. The zero-order chi connectivity index (χ0) is 27.1. The van der Waals surface area contributed by atoms with E-state index in [1.54, 1.807) is 0 Å². The molecule has 0 radical (unpaired) electrons. The molecule has 0 saturated heterocycles. The molecule has 0 aliphatic carbocycles. The molecule has 0 bridgehead atoms. The number of carboxylic acid groups (broad SMARTS) is 2. The van der Waals surface area contributed by atoms with Crippen LogP contribution in [0.25, 0.3) is 0 Å². The fraction of sp³-hybridized carbons (Fsp3) is 0.783. The summed E-state index contributed by atoms with van der Waals surface area (Å²) in [6.45, 7) is 1.75. The van der Waals surface area contributed by atoms with E-state index in [-0.39, 0.29) is 19.2 Å². The molecule has 206 valence electrons. The molecule has 0 aliphatic rings. The summed E-state index contributed by atoms with van der Waals surface area (Å²) in [5, 5.41) is 31.6. The van der Waals surface area contributed by atoms with Gasteiger partial charge in [0.2, 0.25) is 0 Å². The van der Waals surface area contributed by atoms with Crippen molar-refractivity contribution in [1.29, 1.82) is 0 Å². The van der Waals surface area contributed by atoms with Gasteiger partial charge in [0.25, 0.3) is 10.1 Å². The van der Waals surface area contributed by atoms with Crippen molar-refractivity contribution < 1.29 is 52.5 Å². The summed E-state index contributed by atoms with van der Waals surface area (Å²) < 4.78 is 33.5. The second kappa shape index (κ2) is 22.4. The van der Waals surface area contributed by atoms with Gasteiger partial charge in [-0.1, -0.05) is 57.6 Å². The zero-order valence-corrected chi connectivity index (χ0v) is 21.3. The Morgan fingerprint density at radius 3 is 1.83 bits per heavy atom. The van der Waals surface area contributed by atoms with Crippen molar-refractivity contribution >= 4 is 28.0 Å². The maximum atomic E-state index is 11.3. The van der Waals surface area contributed by atoms with Crippen LogP contribution in [0.4, 0.5) is 0 Å². The molecule has 2 unspecified atom stereocenters. The lowest BCUT2D eigenvalue weighted by Gasteiger charge is -2.08. The predicted octanol–water partition coefficient (Wildman–Crippen LogP) is 2.94. The third-order valence-electron chi connectivity index (χ3n) is 4.79. The number of carboxylic acids is 2. The summed E-state index contributed by atoms with van der Waals surface area (Å²) >= 11 is 0. The van der Waals surface area contributed by atoms with Gasteiger partial charge in [-0.15, -0.1) is 0 Å². The number of hydrogen-bond acceptors (Lipinski definition) is 8. The van der Waals surface area contributed by atoms with E-state index in [0.29, 0.717) is 6.42 Å². The largest absolute Gasteiger partial charge is 0.481 e. The first-order valence-electron chi connectivity index (χ1n) is 12.0. The van der Waals surface area contributed by atoms with Gasteiger partial charge in [0, 0.05) is 6.42 Å². The molecule has 0 spiro atoms. The van der Waals surface area contributed by atoms with Crippen LogP contribution >= 0.6 is 0 Å². The van der Waals surface area contributed by atoms with Crippen molar-refractivity contribution in [2.24, 2.45) is 0 Å². The Labute approximate surface area is 207 Å². The van der Waals surface area contributed by atoms with Gasteiger partial charge >= 0.3 is 17.9 Å². The minimum Gasteiger partial charge on any atom is -0.481 e. The van der Waals surface area contributed by atoms with Gasteiger partial charge in [-0.05, 0) is 32.1 Å². The SMILES string of the molecule is CCCCCC/C=C\CCCCCCCC(=O)OCC(O)CO.O=C(O)CC(C(=O)O)S(=O)(=O)O. The van der Waals surface area contributed by atoms with Crippen LogP contribution in [-0.4, -0.2) is 75.9 Å². The maximum Gasteiger partial charge on any atom is 0.325 e. The van der Waals surface area contributed by atoms with Gasteiger partial charge in [-0.2, -0.15) is 8.42 Å². The van der Waals surface area contributed by atoms with E-state index >= 15 is 0 Å². The number of carbonyl (C=O) groups excluding carboxylic acids is 1. The Balaban J connectivity index is 0. The molecule has 0 aromatic rings. The molecule has 11 nitrogen and oxygen atoms in total. The Morgan fingerprint density at radius 2 is 1.40 bits per heavy atom. The molecule has 0 heterocycles. The van der Waals surface area contributed by atoms with E-state index in [9.17, 15) is 22.8 Å². The number of esters is 1. The number of aliphatic hydroxyl groups excluding tert-OH is 2. The van der Waals surface area contributed by atoms with Crippen LogP contribution in [0.5, 0.6) is 0 Å². The quantitative estimate of drug-likeness (QED) is 0.0677. The highest BCUT2D eigenvalue weighted by atomic mass is 32.2. The number of allylic oxidation sites excluding steroid dienone is 2. The van der Waals surface area contributed by atoms with Gasteiger partial charge in [0.15, 0.2) is 5.25 Å². The molecule has 5 N–H and O–H groups in total. The summed E-state index contributed by atoms with van der Waals surface area (Å²) in [6.07, 6.45) is 16.0. The van der Waals surface area contributed by atoms with Crippen LogP contribution in [0.3, 0.4) is 0 Å². The minimum atomic E-state index is -4.84. The number of aliphatic hydroxyl groups is 2. The van der Waals surface area contributed by atoms with Gasteiger partial charge in [0.05, 0.1) is 13.0 Å². The Kier molecular flexibility index (Phi) is 22.5. The van der Waals surface area contributed by atoms with Gasteiger partial charge in [-0.3, -0.25) is 18.9 Å². The lowest BCUT2D eigenvalue weighted by Crippen LogP contribution is -2.31. The molecule has 35 heavy (non-hydrogen) atoms. The highest BCUT2D eigenvalue weighted by Crippen LogP contribution is 2.09. The number of aliphatic carboxylic acids is 2. The Hall–Kier alpha value is -2.02. The highest BCUT2D eigenvalue weighted by Gasteiger charge is 2.33. The van der Waals surface area contributed by atoms with Gasteiger partial charge < -0.3 is 25.2 Å². The monoisotopic (exact) mass is 526 g/mol. The van der Waals surface area contributed by atoms with E-state index < -0.39 is 39.8 Å². The van der Waals surface area contributed by atoms with Crippen LogP contribution in [-0.2, 0) is 29.2 Å². The normalized spacial score (nSPS) is 13.0. The lowest BCUT2D eigenvalue weighted by atomic mass is 10.1. The second-order valence-corrected chi connectivity index (χ2v) is 9.69. The molecule has 12 heteroatoms. The first kappa shape index (κ1) is 35.1. The molecule has 0 aromatic heterocycles. The summed E-state index contributed by atoms with van der Waals surface area (Å²) in [5.41, 5.74) is 0. The van der Waals surface area contributed by atoms with E-state index in [1.165, 1.54) is 44.9 Å². The van der Waals surface area contributed by atoms with Gasteiger partial charge in [0.1, 0.15) is 12.7 Å². The van der Waals surface area contributed by atoms with Crippen molar-refractivity contribution in [1.82, 2.24) is 0 Å². The molecule has 0 fully saturated rings. The standard InChI is InChI=1S/C19H36O4.C4H6O7S/c1-2-3-4-5-6-7-8-9-10-11-12-13-14-15-19(22)23-17-18(21)16-20;5-3(6)1-2(4(7)8)12(9,10)11/h7-8,18,20-21H,2-6,9-17H2,1H3;2H,1H2,(H,5,6)(H,7,8)(H,9,10,11)/b8-7-;. The van der Waals surface area contributed by atoms with Crippen LogP contribution < -0.4 is 0 Å². The maximum absolute atomic E-state index is 11.3. The molecule has 0 rings (SSSR count). The number of hydrogen-bond donors (Lipinski definition) is 5. The van der Waals surface area contributed by atoms with Crippen molar-refractivity contribution in [2.75, 3.05) is 13.2 Å². The number of unbranched alkanes of at least 4 members (excludes halogenated alkanes) is 9. The van der Waals surface area contributed by atoms with E-state index in [0.717, 1.165) is 25.7 Å². The Morgan fingerprint density at radius 1 is 0.886 bits per heavy atom. The Bertz CT molecular complexity index is 704. The molecule has 0 aliphatic heterocycles. The number of carbonyl (C=O) groups is 3. The minimum absolute atomic E-state index is 0.111. The topological polar surface area (TPSA) is 196 Å². The van der Waals surface area contributed by atoms with Crippen LogP contribution in [0, 0.1) is 0 Å². The van der Waals surface area contributed by atoms with Crippen molar-refractivity contribution in [2.45, 2.75) is 102 Å². The average molecular weight is 527 g/mol. The smallest absolute Gasteiger partial charge is 0.325 e. The van der Waals surface area contributed by atoms with Crippen molar-refractivity contribution in [3.63, 3.8) is 0 Å². The number of rotatable bonds is 20. The summed E-state index contributed by atoms with van der Waals surface area (Å²) in [6, 6.07) is 0. The first-order chi connectivity index (χ1) is 16.4. The van der Waals surface area contributed by atoms with E-state index in [1.807, 2.05) is 0 Å². The highest BCUT2D eigenvalue weighted by molar-refractivity contribution is 7.87. The third kappa shape index (κ3) is 24.9. The molecular weight excluding hydrogens is 484 g/mol. The van der Waals surface area contributed by atoms with Gasteiger partial charge in [-0.25, -0.2) is 0 Å². The zero-order valence-electron chi connectivity index (χ0n) is 20.5. The second-order valence-electron chi connectivity index (χ2n) is 8.09. The van der Waals surface area contributed by atoms with E-state index in [2.05, 4.69) is 19.1 Å².